The fourth-order valence-corrected chi connectivity index (χ4v) is 3.12. The summed E-state index contributed by atoms with van der Waals surface area (Å²) in [7, 11) is 0. The van der Waals surface area contributed by atoms with E-state index in [9.17, 15) is 9.59 Å². The van der Waals surface area contributed by atoms with Crippen LogP contribution in [0, 0.1) is 0 Å². The Bertz CT molecular complexity index is 756. The van der Waals surface area contributed by atoms with Crippen LogP contribution in [-0.2, 0) is 5.41 Å². The van der Waals surface area contributed by atoms with Crippen LogP contribution in [0.5, 0.6) is 0 Å². The van der Waals surface area contributed by atoms with Crippen molar-refractivity contribution in [2.45, 2.75) is 57.9 Å². The summed E-state index contributed by atoms with van der Waals surface area (Å²) in [5.74, 6) is 0. The third-order valence-corrected chi connectivity index (χ3v) is 4.63. The van der Waals surface area contributed by atoms with Crippen LogP contribution in [0.1, 0.15) is 52.0 Å². The van der Waals surface area contributed by atoms with Gasteiger partial charge in [-0.2, -0.15) is 0 Å². The molecular weight excluding hydrogens is 288 g/mol. The highest BCUT2D eigenvalue weighted by Gasteiger charge is 2.25. The number of hydrogen-bond acceptors (Lipinski definition) is 4. The molecule has 1 aliphatic carbocycles. The van der Waals surface area contributed by atoms with E-state index in [1.54, 1.807) is 0 Å². The summed E-state index contributed by atoms with van der Waals surface area (Å²) >= 11 is 0. The predicted octanol–water partition coefficient (Wildman–Crippen LogP) is 3.68. The fraction of sp³-hybridized carbons (Fsp3) is 0.474. The van der Waals surface area contributed by atoms with E-state index in [1.807, 2.05) is 12.1 Å². The number of anilines is 3. The minimum atomic E-state index is -0.426. The number of rotatable bonds is 4. The Labute approximate surface area is 136 Å². The topological polar surface area (TPSA) is 58.2 Å². The normalized spacial score (nSPS) is 16.0. The predicted molar refractivity (Wildman–Crippen MR) is 95.7 cm³/mol. The maximum Gasteiger partial charge on any atom is 0.253 e. The van der Waals surface area contributed by atoms with Crippen molar-refractivity contribution >= 4 is 17.1 Å². The molecule has 23 heavy (non-hydrogen) atoms. The summed E-state index contributed by atoms with van der Waals surface area (Å²) < 4.78 is 0. The van der Waals surface area contributed by atoms with E-state index in [1.165, 1.54) is 18.4 Å². The fourth-order valence-electron chi connectivity index (χ4n) is 3.12. The molecule has 0 radical (unpaired) electrons. The molecule has 1 aliphatic rings. The third-order valence-electron chi connectivity index (χ3n) is 4.63. The maximum absolute atomic E-state index is 11.9. The largest absolute Gasteiger partial charge is 0.377 e. The Morgan fingerprint density at radius 2 is 1.48 bits per heavy atom. The Balaban J connectivity index is 1.76. The molecule has 4 heteroatoms. The molecule has 2 aromatic carbocycles. The van der Waals surface area contributed by atoms with Crippen LogP contribution in [0.25, 0.3) is 0 Å². The molecule has 3 rings (SSSR count). The zero-order valence-electron chi connectivity index (χ0n) is 14.0. The van der Waals surface area contributed by atoms with Gasteiger partial charge in [-0.1, -0.05) is 45.7 Å². The van der Waals surface area contributed by atoms with Crippen molar-refractivity contribution in [2.75, 3.05) is 10.6 Å². The molecule has 4 nitrogen and oxygen atoms in total. The second-order valence-corrected chi connectivity index (χ2v) is 7.49. The lowest BCUT2D eigenvalue weighted by atomic mass is 9.87. The van der Waals surface area contributed by atoms with Crippen molar-refractivity contribution < 1.29 is 0 Å². The zero-order chi connectivity index (χ0) is 16.6. The number of hydrogen-bond donors (Lipinski definition) is 2. The second kappa shape index (κ2) is 5.84. The van der Waals surface area contributed by atoms with Gasteiger partial charge in [0.1, 0.15) is 11.4 Å². The first-order valence-corrected chi connectivity index (χ1v) is 8.33. The smallest absolute Gasteiger partial charge is 0.253 e. The summed E-state index contributed by atoms with van der Waals surface area (Å²) in [6.07, 6.45) is 4.51. The second-order valence-electron chi connectivity index (χ2n) is 7.49. The van der Waals surface area contributed by atoms with E-state index in [0.717, 1.165) is 18.5 Å². The van der Waals surface area contributed by atoms with Crippen molar-refractivity contribution in [2.24, 2.45) is 0 Å². The first-order chi connectivity index (χ1) is 10.9. The van der Waals surface area contributed by atoms with E-state index in [4.69, 9.17) is 0 Å². The molecule has 1 fully saturated rings. The lowest BCUT2D eigenvalue weighted by Gasteiger charge is -2.21. The van der Waals surface area contributed by atoms with E-state index < -0.39 is 10.9 Å². The molecule has 0 bridgehead atoms. The molecule has 0 aliphatic heterocycles. The molecule has 0 heterocycles. The Morgan fingerprint density at radius 3 is 2.04 bits per heavy atom. The van der Waals surface area contributed by atoms with E-state index >= 15 is 0 Å². The van der Waals surface area contributed by atoms with Gasteiger partial charge in [0.05, 0.1) is 0 Å². The number of benzene rings is 1. The summed E-state index contributed by atoms with van der Waals surface area (Å²) in [5, 5.41) is 6.36. The maximum atomic E-state index is 11.9. The average molecular weight is 312 g/mol. The lowest BCUT2D eigenvalue weighted by Crippen LogP contribution is -2.38. The van der Waals surface area contributed by atoms with Crippen LogP contribution in [0.4, 0.5) is 17.1 Å². The van der Waals surface area contributed by atoms with Crippen LogP contribution in [0.3, 0.4) is 0 Å². The summed E-state index contributed by atoms with van der Waals surface area (Å²) in [6.45, 7) is 6.49. The molecule has 0 amide bonds. The van der Waals surface area contributed by atoms with Crippen LogP contribution in [0.15, 0.2) is 33.9 Å². The molecule has 0 spiro atoms. The monoisotopic (exact) mass is 312 g/mol. The molecule has 2 aromatic rings. The van der Waals surface area contributed by atoms with Crippen LogP contribution < -0.4 is 21.5 Å². The summed E-state index contributed by atoms with van der Waals surface area (Å²) in [6, 6.07) is 8.34. The van der Waals surface area contributed by atoms with Gasteiger partial charge >= 0.3 is 0 Å². The minimum absolute atomic E-state index is 0.0925. The van der Waals surface area contributed by atoms with Gasteiger partial charge < -0.3 is 10.6 Å². The Kier molecular flexibility index (Phi) is 4.00. The van der Waals surface area contributed by atoms with Crippen molar-refractivity contribution in [1.82, 2.24) is 0 Å². The van der Waals surface area contributed by atoms with Gasteiger partial charge in [0, 0.05) is 11.7 Å². The molecule has 0 saturated heterocycles. The highest BCUT2D eigenvalue weighted by molar-refractivity contribution is 5.79. The van der Waals surface area contributed by atoms with Crippen molar-refractivity contribution in [3.8, 4) is 0 Å². The average Bonchev–Trinajstić information content (AvgIpc) is 3.03. The summed E-state index contributed by atoms with van der Waals surface area (Å²) in [4.78, 5) is 23.7. The molecule has 122 valence electrons. The molecule has 0 unspecified atom stereocenters. The van der Waals surface area contributed by atoms with Gasteiger partial charge in [-0.15, -0.1) is 0 Å². The van der Waals surface area contributed by atoms with Crippen molar-refractivity contribution in [3.63, 3.8) is 0 Å². The van der Waals surface area contributed by atoms with Crippen LogP contribution in [0.2, 0.25) is 0 Å². The van der Waals surface area contributed by atoms with Gasteiger partial charge in [-0.3, -0.25) is 9.59 Å². The van der Waals surface area contributed by atoms with Gasteiger partial charge in [0.25, 0.3) is 10.9 Å². The third kappa shape index (κ3) is 3.16. The molecular formula is C19H24N2O2. The van der Waals surface area contributed by atoms with Gasteiger partial charge in [-0.05, 0) is 36.0 Å². The van der Waals surface area contributed by atoms with Gasteiger partial charge in [0.15, 0.2) is 0 Å². The first-order valence-electron chi connectivity index (χ1n) is 8.33. The molecule has 0 atom stereocenters. The quantitative estimate of drug-likeness (QED) is 0.846. The highest BCUT2D eigenvalue weighted by Crippen LogP contribution is 2.28. The van der Waals surface area contributed by atoms with Gasteiger partial charge in [0.2, 0.25) is 0 Å². The minimum Gasteiger partial charge on any atom is -0.377 e. The van der Waals surface area contributed by atoms with Crippen molar-refractivity contribution in [3.05, 3.63) is 50.3 Å². The Morgan fingerprint density at radius 1 is 0.913 bits per heavy atom. The van der Waals surface area contributed by atoms with E-state index in [-0.39, 0.29) is 5.41 Å². The standard InChI is InChI=1S/C19H24N2O2/c1-19(2,3)12-8-10-14(11-9-12)21-16-15(17(22)18(16)23)20-13-6-4-5-7-13/h8-11,13,20-21H,4-7H2,1-3H3. The number of nitrogens with one attached hydrogen (secondary N) is 2. The lowest BCUT2D eigenvalue weighted by molar-refractivity contribution is 0.590. The molecule has 2 N–H and O–H groups in total. The molecule has 1 saturated carbocycles. The summed E-state index contributed by atoms with van der Waals surface area (Å²) in [5.41, 5.74) is 2.20. The molecule has 0 aromatic heterocycles. The van der Waals surface area contributed by atoms with Gasteiger partial charge in [-0.25, -0.2) is 0 Å². The highest BCUT2D eigenvalue weighted by atomic mass is 16.2. The SMILES string of the molecule is CC(C)(C)c1ccc(Nc2c(NC3CCCC3)c(=O)c2=O)cc1. The zero-order valence-corrected chi connectivity index (χ0v) is 14.0. The Hall–Kier alpha value is -2.10. The van der Waals surface area contributed by atoms with E-state index in [0.29, 0.717) is 17.4 Å². The first kappa shape index (κ1) is 15.8. The van der Waals surface area contributed by atoms with Crippen LogP contribution in [-0.4, -0.2) is 6.04 Å². The van der Waals surface area contributed by atoms with Crippen molar-refractivity contribution in [1.29, 1.82) is 0 Å². The van der Waals surface area contributed by atoms with Crippen LogP contribution >= 0.6 is 0 Å². The van der Waals surface area contributed by atoms with E-state index in [2.05, 4.69) is 43.5 Å².